The summed E-state index contributed by atoms with van der Waals surface area (Å²) in [6.45, 7) is 0. The van der Waals surface area contributed by atoms with Crippen LogP contribution in [0.4, 0.5) is 51.2 Å². The van der Waals surface area contributed by atoms with E-state index in [1.54, 1.807) is 0 Å². The van der Waals surface area contributed by atoms with Gasteiger partial charge in [0.05, 0.1) is 22.4 Å². The molecule has 0 fully saturated rings. The van der Waals surface area contributed by atoms with Crippen LogP contribution >= 0.6 is 45.3 Å². The molecule has 0 radical (unpaired) electrons. The molecule has 0 bridgehead atoms. The monoisotopic (exact) mass is 1790 g/mol. The molecule has 30 rings (SSSR count). The first kappa shape index (κ1) is 77.3. The van der Waals surface area contributed by atoms with E-state index in [0.29, 0.717) is 0 Å². The molecule has 6 heterocycles. The number of para-hydroxylation sites is 5. The van der Waals surface area contributed by atoms with Gasteiger partial charge in [-0.25, -0.2) is 0 Å². The van der Waals surface area contributed by atoms with Crippen molar-refractivity contribution in [3.63, 3.8) is 0 Å². The first-order valence-electron chi connectivity index (χ1n) is 45.8. The van der Waals surface area contributed by atoms with Gasteiger partial charge in [0.2, 0.25) is 0 Å². The molecule has 0 saturated carbocycles. The highest BCUT2D eigenvalue weighted by atomic mass is 32.1. The van der Waals surface area contributed by atoms with E-state index >= 15 is 0 Å². The standard InChI is InChI=1S/2C42H25NOS.C42H25NS2/c1-2-9-29(10-3-1)43(34-13-8-15-36-41(34)32-11-4-6-14-35(32)44-36)30-22-23-31-28(25-30)20-19-26-17-18-27-21-24-38-42(40(27)39(26)31)33-12-5-7-16-37(33)45-38;1-2-9-29(10-3-1)43(34-13-8-16-38-41(34)33-12-5-7-15-37(33)45-38)30-22-23-31-28(25-30)20-19-26-17-18-27-21-24-36-42(40(27)39(26)31)32-11-4-6-14-35(32)44-36;1-2-9-29(10-3-1)43(34-13-8-16-37-41(34)32-11-4-6-14-35(32)44-37)30-22-23-31-28(25-30)20-19-26-17-18-27-21-24-38-42(40(27)39(26)31)33-12-5-7-15-36(33)45-38/h3*1-25H. The third-order valence-corrected chi connectivity index (χ3v) is 32.1. The van der Waals surface area contributed by atoms with Gasteiger partial charge in [0.15, 0.2) is 0 Å². The molecule has 9 heteroatoms. The second-order valence-electron chi connectivity index (χ2n) is 35.1. The zero-order chi connectivity index (χ0) is 88.5. The molecule has 0 aliphatic carbocycles. The highest BCUT2D eigenvalue weighted by molar-refractivity contribution is 7.27. The Kier molecular flexibility index (Phi) is 17.8. The van der Waals surface area contributed by atoms with Crippen LogP contribution in [-0.4, -0.2) is 0 Å². The number of benzene rings is 24. The molecule has 630 valence electrons. The Morgan fingerprint density at radius 2 is 0.393 bits per heavy atom. The maximum absolute atomic E-state index is 6.32. The van der Waals surface area contributed by atoms with Crippen molar-refractivity contribution in [2.45, 2.75) is 0 Å². The summed E-state index contributed by atoms with van der Waals surface area (Å²) >= 11 is 7.49. The van der Waals surface area contributed by atoms with Crippen LogP contribution in [0.25, 0.3) is 222 Å². The lowest BCUT2D eigenvalue weighted by Gasteiger charge is -2.27. The number of fused-ring (bicyclic) bond motifs is 36. The molecule has 0 unspecified atom stereocenters. The number of rotatable bonds is 9. The highest BCUT2D eigenvalue weighted by Crippen LogP contribution is 2.53. The molecule has 30 aromatic rings. The van der Waals surface area contributed by atoms with Gasteiger partial charge in [0.1, 0.15) is 22.3 Å². The number of anilines is 9. The Balaban J connectivity index is 0.000000101. The van der Waals surface area contributed by atoms with Gasteiger partial charge in [-0.2, -0.15) is 0 Å². The van der Waals surface area contributed by atoms with Crippen LogP contribution < -0.4 is 14.7 Å². The number of hydrogen-bond acceptors (Lipinski definition) is 9. The fourth-order valence-corrected chi connectivity index (χ4v) is 26.3. The summed E-state index contributed by atoms with van der Waals surface area (Å²) in [6, 6.07) is 165. The summed E-state index contributed by atoms with van der Waals surface area (Å²) in [7, 11) is 0. The number of thiophene rings is 4. The van der Waals surface area contributed by atoms with Crippen LogP contribution in [0, 0.1) is 0 Å². The van der Waals surface area contributed by atoms with E-state index in [1.807, 2.05) is 63.5 Å². The predicted octanol–water partition coefficient (Wildman–Crippen LogP) is 39.1. The minimum absolute atomic E-state index is 0.889. The van der Waals surface area contributed by atoms with Gasteiger partial charge >= 0.3 is 0 Å². The molecule has 0 aliphatic heterocycles. The Labute approximate surface area is 790 Å². The average molecular weight is 1790 g/mol. The van der Waals surface area contributed by atoms with E-state index in [2.05, 4.69) is 451 Å². The lowest BCUT2D eigenvalue weighted by molar-refractivity contribution is 0.668. The van der Waals surface area contributed by atoms with Crippen molar-refractivity contribution in [2.75, 3.05) is 14.7 Å². The molecule has 0 N–H and O–H groups in total. The van der Waals surface area contributed by atoms with E-state index in [4.69, 9.17) is 8.83 Å². The van der Waals surface area contributed by atoms with Crippen LogP contribution in [-0.2, 0) is 0 Å². The number of nitrogens with zero attached hydrogens (tertiary/aromatic N) is 3. The van der Waals surface area contributed by atoms with E-state index in [9.17, 15) is 0 Å². The summed E-state index contributed by atoms with van der Waals surface area (Å²) in [4.78, 5) is 7.20. The van der Waals surface area contributed by atoms with Gasteiger partial charge < -0.3 is 23.5 Å². The van der Waals surface area contributed by atoms with Crippen molar-refractivity contribution in [3.05, 3.63) is 455 Å². The van der Waals surface area contributed by atoms with E-state index in [0.717, 1.165) is 78.3 Å². The van der Waals surface area contributed by atoms with Crippen molar-refractivity contribution in [2.24, 2.45) is 0 Å². The molecular weight excluding hydrogens is 1720 g/mol. The quantitative estimate of drug-likeness (QED) is 0.135. The summed E-state index contributed by atoms with van der Waals surface area (Å²) in [5.74, 6) is 0. The van der Waals surface area contributed by atoms with E-state index in [-0.39, 0.29) is 0 Å². The smallest absolute Gasteiger partial charge is 0.137 e. The van der Waals surface area contributed by atoms with Gasteiger partial charge in [-0.05, 0) is 255 Å². The van der Waals surface area contributed by atoms with Gasteiger partial charge in [0, 0.05) is 136 Å². The largest absolute Gasteiger partial charge is 0.456 e. The minimum Gasteiger partial charge on any atom is -0.456 e. The Hall–Kier alpha value is -16.5. The van der Waals surface area contributed by atoms with Crippen LogP contribution in [0.5, 0.6) is 0 Å². The molecule has 0 amide bonds. The average Bonchev–Trinajstić information content (AvgIpc) is 1.30. The first-order valence-corrected chi connectivity index (χ1v) is 49.1. The second-order valence-corrected chi connectivity index (χ2v) is 39.4. The Morgan fingerprint density at radius 3 is 0.778 bits per heavy atom. The third-order valence-electron chi connectivity index (χ3n) is 27.6. The lowest BCUT2D eigenvalue weighted by Crippen LogP contribution is -2.10. The normalized spacial score (nSPS) is 12.0. The molecule has 6 aromatic heterocycles. The zero-order valence-electron chi connectivity index (χ0n) is 72.6. The van der Waals surface area contributed by atoms with Crippen LogP contribution in [0.1, 0.15) is 0 Å². The summed E-state index contributed by atoms with van der Waals surface area (Å²) in [5, 5.41) is 38.1. The van der Waals surface area contributed by atoms with Gasteiger partial charge in [-0.1, -0.05) is 291 Å². The Morgan fingerprint density at radius 1 is 0.133 bits per heavy atom. The number of furan rings is 2. The van der Waals surface area contributed by atoms with Crippen molar-refractivity contribution >= 4 is 318 Å². The minimum atomic E-state index is 0.889. The van der Waals surface area contributed by atoms with Crippen molar-refractivity contribution in [1.82, 2.24) is 0 Å². The van der Waals surface area contributed by atoms with E-state index < -0.39 is 0 Å². The lowest BCUT2D eigenvalue weighted by atomic mass is 9.93. The summed E-state index contributed by atoms with van der Waals surface area (Å²) in [5.41, 5.74) is 13.9. The summed E-state index contributed by atoms with van der Waals surface area (Å²) < 4.78 is 23.2. The summed E-state index contributed by atoms with van der Waals surface area (Å²) in [6.07, 6.45) is 0. The Bertz CT molecular complexity index is 9230. The zero-order valence-corrected chi connectivity index (χ0v) is 75.9. The maximum Gasteiger partial charge on any atom is 0.137 e. The molecule has 0 atom stereocenters. The van der Waals surface area contributed by atoms with Crippen molar-refractivity contribution in [3.8, 4) is 0 Å². The third kappa shape index (κ3) is 12.4. The van der Waals surface area contributed by atoms with Crippen molar-refractivity contribution in [1.29, 1.82) is 0 Å². The van der Waals surface area contributed by atoms with Crippen LogP contribution in [0.2, 0.25) is 0 Å². The van der Waals surface area contributed by atoms with Gasteiger partial charge in [0.25, 0.3) is 0 Å². The molecule has 0 saturated heterocycles. The fraction of sp³-hybridized carbons (Fsp3) is 0. The van der Waals surface area contributed by atoms with Crippen LogP contribution in [0.3, 0.4) is 0 Å². The number of hydrogen-bond donors (Lipinski definition) is 0. The second kappa shape index (κ2) is 31.1. The SMILES string of the molecule is c1ccc(N(c2ccc3c(ccc4ccc5ccc6oc7ccccc7c6c5c43)c2)c2cccc3sc4ccccc4c23)cc1.c1ccc(N(c2ccc3c(ccc4ccc5ccc6sc7ccccc7c6c5c43)c2)c2cccc3oc4ccccc4c23)cc1.c1ccc(N(c2ccc3c(ccc4ccc5ccc6sc7ccccc7c6c5c43)c2)c2cccc3sc4ccccc4c23)cc1. The van der Waals surface area contributed by atoms with E-state index in [1.165, 1.54) is 194 Å². The molecule has 24 aromatic carbocycles. The highest BCUT2D eigenvalue weighted by Gasteiger charge is 2.27. The molecule has 5 nitrogen and oxygen atoms in total. The fourth-order valence-electron chi connectivity index (χ4n) is 21.8. The predicted molar refractivity (Wildman–Crippen MR) is 587 cm³/mol. The first-order chi connectivity index (χ1) is 66.9. The molecule has 0 spiro atoms. The molecular formula is C126H75N3O2S4. The molecule has 0 aliphatic rings. The van der Waals surface area contributed by atoms with Crippen LogP contribution in [0.15, 0.2) is 464 Å². The maximum atomic E-state index is 6.32. The molecule has 135 heavy (non-hydrogen) atoms. The van der Waals surface area contributed by atoms with Crippen molar-refractivity contribution < 1.29 is 8.83 Å². The topological polar surface area (TPSA) is 36.0 Å². The van der Waals surface area contributed by atoms with Gasteiger partial charge in [-0.3, -0.25) is 0 Å². The van der Waals surface area contributed by atoms with Gasteiger partial charge in [-0.15, -0.1) is 45.3 Å².